The Hall–Kier alpha value is -2.22. The minimum Gasteiger partial charge on any atom is -0.444 e. The molecule has 1 saturated carbocycles. The summed E-state index contributed by atoms with van der Waals surface area (Å²) in [7, 11) is 0. The second kappa shape index (κ2) is 12.2. The predicted octanol–water partition coefficient (Wildman–Crippen LogP) is 4.75. The molecule has 2 N–H and O–H groups in total. The van der Waals surface area contributed by atoms with E-state index in [9.17, 15) is 14.4 Å². The van der Waals surface area contributed by atoms with Crippen LogP contribution in [0.4, 0.5) is 4.79 Å². The van der Waals surface area contributed by atoms with Gasteiger partial charge in [-0.15, -0.1) is 0 Å². The Balaban J connectivity index is 2.53. The van der Waals surface area contributed by atoms with Gasteiger partial charge in [0, 0.05) is 12.1 Å². The fourth-order valence-corrected chi connectivity index (χ4v) is 4.79. The fraction of sp³-hybridized carbons (Fsp3) is 0.667. The summed E-state index contributed by atoms with van der Waals surface area (Å²) >= 11 is 1.61. The smallest absolute Gasteiger partial charge is 0.408 e. The molecule has 35 heavy (non-hydrogen) atoms. The Kier molecular flexibility index (Phi) is 10.1. The molecule has 0 aromatic heterocycles. The lowest BCUT2D eigenvalue weighted by molar-refractivity contribution is -0.143. The minimum absolute atomic E-state index is 0.0679. The number of nitrogens with zero attached hydrogens (tertiary/aromatic N) is 1. The summed E-state index contributed by atoms with van der Waals surface area (Å²) in [4.78, 5) is 42.2. The van der Waals surface area contributed by atoms with Gasteiger partial charge in [0.25, 0.3) is 0 Å². The number of nitrogens with one attached hydrogen (secondary N) is 2. The van der Waals surface area contributed by atoms with E-state index in [1.807, 2.05) is 52.1 Å². The Labute approximate surface area is 215 Å². The van der Waals surface area contributed by atoms with Gasteiger partial charge >= 0.3 is 6.09 Å². The molecule has 2 rings (SSSR count). The van der Waals surface area contributed by atoms with Crippen molar-refractivity contribution in [1.82, 2.24) is 15.5 Å². The number of thioether (sulfide) groups is 1. The average molecular weight is 506 g/mol. The maximum atomic E-state index is 14.2. The molecule has 1 aromatic rings. The van der Waals surface area contributed by atoms with E-state index in [1.54, 1.807) is 37.4 Å². The Bertz CT molecular complexity index is 892. The lowest BCUT2D eigenvalue weighted by Crippen LogP contribution is -2.54. The van der Waals surface area contributed by atoms with Gasteiger partial charge in [-0.05, 0) is 95.9 Å². The monoisotopic (exact) mass is 505 g/mol. The number of ether oxygens (including phenoxy) is 1. The molecule has 196 valence electrons. The van der Waals surface area contributed by atoms with Crippen LogP contribution in [0, 0.1) is 19.8 Å². The highest BCUT2D eigenvalue weighted by Gasteiger charge is 2.48. The second-order valence-corrected chi connectivity index (χ2v) is 11.9. The first-order valence-electron chi connectivity index (χ1n) is 12.4. The Morgan fingerprint density at radius 3 is 2.17 bits per heavy atom. The summed E-state index contributed by atoms with van der Waals surface area (Å²) in [6.07, 6.45) is 2.60. The molecule has 0 heterocycles. The Morgan fingerprint density at radius 1 is 1.14 bits per heavy atom. The first-order valence-corrected chi connectivity index (χ1v) is 13.8. The second-order valence-electron chi connectivity index (χ2n) is 10.9. The van der Waals surface area contributed by atoms with Gasteiger partial charge in [0.1, 0.15) is 17.7 Å². The summed E-state index contributed by atoms with van der Waals surface area (Å²) in [6, 6.07) is 4.20. The van der Waals surface area contributed by atoms with Crippen LogP contribution in [0.2, 0.25) is 0 Å². The average Bonchev–Trinajstić information content (AvgIpc) is 3.43. The summed E-state index contributed by atoms with van der Waals surface area (Å²) in [5, 5.41) is 5.84. The zero-order valence-electron chi connectivity index (χ0n) is 22.7. The standard InChI is InChI=1S/C27H43N3O4S/c1-16(2)28-24(31)23(22-17(3)11-10-12-18(22)4)30(21-15-19(21)5)25(32)20(13-14-35-9)29-26(33)34-27(6,7)8/h10-12,16,19-21,23H,13-15H2,1-9H3,(H,28,31)(H,29,33). The number of benzene rings is 1. The molecular formula is C27H43N3O4S. The van der Waals surface area contributed by atoms with E-state index in [2.05, 4.69) is 17.6 Å². The van der Waals surface area contributed by atoms with Crippen LogP contribution in [0.5, 0.6) is 0 Å². The topological polar surface area (TPSA) is 87.7 Å². The van der Waals surface area contributed by atoms with Crippen LogP contribution in [0.3, 0.4) is 0 Å². The van der Waals surface area contributed by atoms with Crippen LogP contribution in [-0.4, -0.2) is 58.5 Å². The van der Waals surface area contributed by atoms with E-state index in [-0.39, 0.29) is 29.8 Å². The number of aryl methyl sites for hydroxylation is 2. The van der Waals surface area contributed by atoms with Crippen LogP contribution in [-0.2, 0) is 14.3 Å². The molecule has 0 aliphatic heterocycles. The normalized spacial score (nSPS) is 19.0. The minimum atomic E-state index is -0.788. The van der Waals surface area contributed by atoms with Crippen molar-refractivity contribution in [1.29, 1.82) is 0 Å². The third-order valence-corrected chi connectivity index (χ3v) is 6.70. The molecular weight excluding hydrogens is 462 g/mol. The maximum absolute atomic E-state index is 14.2. The van der Waals surface area contributed by atoms with Gasteiger partial charge in [-0.25, -0.2) is 4.79 Å². The van der Waals surface area contributed by atoms with Gasteiger partial charge in [-0.1, -0.05) is 25.1 Å². The van der Waals surface area contributed by atoms with Crippen LogP contribution in [0.15, 0.2) is 18.2 Å². The van der Waals surface area contributed by atoms with Crippen LogP contribution in [0.25, 0.3) is 0 Å². The summed E-state index contributed by atoms with van der Waals surface area (Å²) in [5.41, 5.74) is 2.08. The van der Waals surface area contributed by atoms with Crippen LogP contribution in [0.1, 0.15) is 77.1 Å². The molecule has 1 fully saturated rings. The van der Waals surface area contributed by atoms with Gasteiger partial charge in [-0.3, -0.25) is 9.59 Å². The van der Waals surface area contributed by atoms with Crippen molar-refractivity contribution in [2.75, 3.05) is 12.0 Å². The van der Waals surface area contributed by atoms with Crippen molar-refractivity contribution >= 4 is 29.7 Å². The number of hydrogen-bond donors (Lipinski definition) is 2. The fourth-order valence-electron chi connectivity index (χ4n) is 4.31. The predicted molar refractivity (Wildman–Crippen MR) is 143 cm³/mol. The summed E-state index contributed by atoms with van der Waals surface area (Å²) < 4.78 is 5.45. The molecule has 0 bridgehead atoms. The highest BCUT2D eigenvalue weighted by molar-refractivity contribution is 7.98. The number of carbonyl (C=O) groups is 3. The first kappa shape index (κ1) is 29.0. The van der Waals surface area contributed by atoms with Gasteiger partial charge in [0.05, 0.1) is 0 Å². The number of alkyl carbamates (subject to hydrolysis) is 1. The summed E-state index contributed by atoms with van der Waals surface area (Å²) in [6.45, 7) is 15.2. The largest absolute Gasteiger partial charge is 0.444 e. The summed E-state index contributed by atoms with van der Waals surface area (Å²) in [5.74, 6) is 0.517. The van der Waals surface area contributed by atoms with Crippen molar-refractivity contribution in [3.63, 3.8) is 0 Å². The van der Waals surface area contributed by atoms with E-state index in [1.165, 1.54) is 0 Å². The molecule has 1 aliphatic carbocycles. The van der Waals surface area contributed by atoms with Crippen LogP contribution >= 0.6 is 11.8 Å². The van der Waals surface area contributed by atoms with Crippen LogP contribution < -0.4 is 10.6 Å². The van der Waals surface area contributed by atoms with Gasteiger partial charge in [-0.2, -0.15) is 11.8 Å². The molecule has 7 nitrogen and oxygen atoms in total. The molecule has 4 unspecified atom stereocenters. The third-order valence-electron chi connectivity index (χ3n) is 6.05. The number of carbonyl (C=O) groups excluding carboxylic acids is 3. The third kappa shape index (κ3) is 8.16. The zero-order valence-corrected chi connectivity index (χ0v) is 23.5. The van der Waals surface area contributed by atoms with E-state index in [0.29, 0.717) is 12.2 Å². The molecule has 0 spiro atoms. The number of hydrogen-bond acceptors (Lipinski definition) is 5. The highest BCUT2D eigenvalue weighted by Crippen LogP contribution is 2.42. The molecule has 3 amide bonds. The van der Waals surface area contributed by atoms with Crippen molar-refractivity contribution in [3.05, 3.63) is 34.9 Å². The van der Waals surface area contributed by atoms with Crippen molar-refractivity contribution < 1.29 is 19.1 Å². The van der Waals surface area contributed by atoms with E-state index in [0.717, 1.165) is 23.1 Å². The Morgan fingerprint density at radius 2 is 1.71 bits per heavy atom. The lowest BCUT2D eigenvalue weighted by Gasteiger charge is -2.36. The van der Waals surface area contributed by atoms with Crippen molar-refractivity contribution in [3.8, 4) is 0 Å². The molecule has 8 heteroatoms. The molecule has 1 aromatic carbocycles. The quantitative estimate of drug-likeness (QED) is 0.479. The number of rotatable bonds is 10. The highest BCUT2D eigenvalue weighted by atomic mass is 32.2. The number of amides is 3. The van der Waals surface area contributed by atoms with Crippen molar-refractivity contribution in [2.24, 2.45) is 5.92 Å². The first-order chi connectivity index (χ1) is 16.3. The van der Waals surface area contributed by atoms with Gasteiger partial charge in [0.2, 0.25) is 11.8 Å². The molecule has 1 aliphatic rings. The molecule has 0 saturated heterocycles. The molecule has 4 atom stereocenters. The molecule has 0 radical (unpaired) electrons. The zero-order chi connectivity index (χ0) is 26.5. The van der Waals surface area contributed by atoms with E-state index < -0.39 is 23.8 Å². The SMILES string of the molecule is CSCCC(NC(=O)OC(C)(C)C)C(=O)N(C(C(=O)NC(C)C)c1c(C)cccc1C)C1CC1C. The van der Waals surface area contributed by atoms with E-state index in [4.69, 9.17) is 4.74 Å². The van der Waals surface area contributed by atoms with Gasteiger partial charge < -0.3 is 20.3 Å². The lowest BCUT2D eigenvalue weighted by atomic mass is 9.93. The van der Waals surface area contributed by atoms with E-state index >= 15 is 0 Å². The maximum Gasteiger partial charge on any atom is 0.408 e. The van der Waals surface area contributed by atoms with Crippen molar-refractivity contribution in [2.45, 2.75) is 98.0 Å². The van der Waals surface area contributed by atoms with Gasteiger partial charge in [0.15, 0.2) is 0 Å².